The molecule has 0 aliphatic heterocycles. The second-order valence-electron chi connectivity index (χ2n) is 3.18. The summed E-state index contributed by atoms with van der Waals surface area (Å²) >= 11 is 0. The third-order valence-corrected chi connectivity index (χ3v) is 1.55. The van der Waals surface area contributed by atoms with Gasteiger partial charge in [0.15, 0.2) is 0 Å². The van der Waals surface area contributed by atoms with Crippen molar-refractivity contribution in [2.75, 3.05) is 0 Å². The minimum absolute atomic E-state index is 0.144. The summed E-state index contributed by atoms with van der Waals surface area (Å²) in [6, 6.07) is 0. The van der Waals surface area contributed by atoms with Gasteiger partial charge < -0.3 is 0 Å². The molecule has 0 N–H and O–H groups in total. The van der Waals surface area contributed by atoms with Crippen LogP contribution in [0.4, 0.5) is 0 Å². The highest BCUT2D eigenvalue weighted by Gasteiger charge is 2.19. The van der Waals surface area contributed by atoms with Crippen LogP contribution in [0.25, 0.3) is 10.4 Å². The van der Waals surface area contributed by atoms with Gasteiger partial charge in [-0.2, -0.15) is 0 Å². The molecule has 0 aromatic carbocycles. The minimum atomic E-state index is 0.144. The maximum atomic E-state index is 8.19. The van der Waals surface area contributed by atoms with Gasteiger partial charge in [0.05, 0.1) is 0 Å². The van der Waals surface area contributed by atoms with E-state index < -0.39 is 0 Å². The Morgan fingerprint density at radius 2 is 1.60 bits per heavy atom. The normalized spacial score (nSPS) is 9.80. The average molecular weight is 139 g/mol. The van der Waals surface area contributed by atoms with Crippen molar-refractivity contribution in [1.29, 1.82) is 0 Å². The summed E-state index contributed by atoms with van der Waals surface area (Å²) in [6.07, 6.45) is 0. The molecule has 0 spiro atoms. The lowest BCUT2D eigenvalue weighted by molar-refractivity contribution is 0.929. The summed E-state index contributed by atoms with van der Waals surface area (Å²) in [6.45, 7) is 8.42. The second-order valence-corrected chi connectivity index (χ2v) is 3.18. The first kappa shape index (κ1) is 9.37. The lowest BCUT2D eigenvalue weighted by Crippen LogP contribution is -2.17. The molecule has 0 bridgehead atoms. The predicted molar refractivity (Wildman–Crippen MR) is 45.1 cm³/mol. The third-order valence-electron chi connectivity index (χ3n) is 1.55. The fourth-order valence-corrected chi connectivity index (χ4v) is 1.10. The number of hydrogen-bond donors (Lipinski definition) is 0. The van der Waals surface area contributed by atoms with Crippen LogP contribution in [-0.2, 0) is 0 Å². The number of azide groups is 1. The van der Waals surface area contributed by atoms with Gasteiger partial charge in [-0.25, -0.2) is 0 Å². The van der Waals surface area contributed by atoms with E-state index >= 15 is 0 Å². The third kappa shape index (κ3) is 2.78. The van der Waals surface area contributed by atoms with Crippen LogP contribution < -0.4 is 0 Å². The Labute approximate surface area is 62.5 Å². The minimum Gasteiger partial charge on any atom is -0.148 e. The van der Waals surface area contributed by atoms with Crippen LogP contribution in [0.2, 0.25) is 11.6 Å². The quantitative estimate of drug-likeness (QED) is 0.249. The zero-order chi connectivity index (χ0) is 8.15. The fraction of sp³-hybridized carbons (Fsp3) is 1.00. The van der Waals surface area contributed by atoms with Crippen LogP contribution in [-0.4, -0.2) is 6.85 Å². The van der Waals surface area contributed by atoms with E-state index in [0.717, 1.165) is 0 Å². The molecule has 0 amide bonds. The first-order valence-electron chi connectivity index (χ1n) is 3.63. The summed E-state index contributed by atoms with van der Waals surface area (Å²) in [5, 5.41) is 3.70. The highest BCUT2D eigenvalue weighted by atomic mass is 15.1. The Kier molecular flexibility index (Phi) is 3.97. The van der Waals surface area contributed by atoms with Crippen molar-refractivity contribution in [3.63, 3.8) is 0 Å². The number of hydrogen-bond acceptors (Lipinski definition) is 1. The molecule has 0 aromatic heterocycles. The highest BCUT2D eigenvalue weighted by Crippen LogP contribution is 2.20. The van der Waals surface area contributed by atoms with Crippen LogP contribution in [0.15, 0.2) is 5.03 Å². The monoisotopic (exact) mass is 139 g/mol. The van der Waals surface area contributed by atoms with E-state index in [9.17, 15) is 0 Å². The number of rotatable bonds is 3. The Morgan fingerprint density at radius 1 is 1.20 bits per heavy atom. The standard InChI is InChI=1S/C6H14BN3/c1-5(2)7(6(3)4)9-10-8/h5-6H,1-4H3. The van der Waals surface area contributed by atoms with Crippen LogP contribution in [0, 0.1) is 0 Å². The molecule has 0 aliphatic carbocycles. The second kappa shape index (κ2) is 4.23. The van der Waals surface area contributed by atoms with Crippen molar-refractivity contribution in [2.45, 2.75) is 39.3 Å². The molecule has 0 rings (SSSR count). The summed E-state index contributed by atoms with van der Waals surface area (Å²) in [4.78, 5) is 2.80. The molecule has 0 unspecified atom stereocenters. The largest absolute Gasteiger partial charge is 0.248 e. The Bertz CT molecular complexity index is 130. The van der Waals surface area contributed by atoms with Crippen molar-refractivity contribution in [3.8, 4) is 0 Å². The van der Waals surface area contributed by atoms with E-state index in [2.05, 4.69) is 37.6 Å². The van der Waals surface area contributed by atoms with Gasteiger partial charge >= 0.3 is 0 Å². The van der Waals surface area contributed by atoms with Crippen LogP contribution in [0.1, 0.15) is 27.7 Å². The topological polar surface area (TPSA) is 48.8 Å². The van der Waals surface area contributed by atoms with Crippen molar-refractivity contribution >= 4 is 6.85 Å². The van der Waals surface area contributed by atoms with E-state index in [1.54, 1.807) is 0 Å². The summed E-state index contributed by atoms with van der Waals surface area (Å²) in [5.74, 6) is 0.881. The van der Waals surface area contributed by atoms with Gasteiger partial charge in [0, 0.05) is 0 Å². The Balaban J connectivity index is 4.11. The van der Waals surface area contributed by atoms with Crippen molar-refractivity contribution in [3.05, 3.63) is 10.4 Å². The first-order chi connectivity index (χ1) is 4.59. The SMILES string of the molecule is CC(C)B(N=[N+]=[N-])C(C)C. The van der Waals surface area contributed by atoms with Crippen molar-refractivity contribution < 1.29 is 0 Å². The number of nitrogens with zero attached hydrogens (tertiary/aromatic N) is 3. The molecule has 56 valence electrons. The summed E-state index contributed by atoms with van der Waals surface area (Å²) in [7, 11) is 0. The molecule has 3 nitrogen and oxygen atoms in total. The lowest BCUT2D eigenvalue weighted by atomic mass is 9.46. The first-order valence-corrected chi connectivity index (χ1v) is 3.63. The van der Waals surface area contributed by atoms with Gasteiger partial charge in [-0.3, -0.25) is 0 Å². The maximum absolute atomic E-state index is 8.19. The van der Waals surface area contributed by atoms with Gasteiger partial charge in [0.25, 0.3) is 0 Å². The van der Waals surface area contributed by atoms with Gasteiger partial charge in [0.2, 0.25) is 6.85 Å². The summed E-state index contributed by atoms with van der Waals surface area (Å²) in [5.41, 5.74) is 8.19. The van der Waals surface area contributed by atoms with Crippen LogP contribution in [0.3, 0.4) is 0 Å². The van der Waals surface area contributed by atoms with Gasteiger partial charge in [-0.15, -0.1) is 5.03 Å². The molecule has 0 radical (unpaired) electrons. The predicted octanol–water partition coefficient (Wildman–Crippen LogP) is 3.11. The Hall–Kier alpha value is -0.625. The Morgan fingerprint density at radius 3 is 1.70 bits per heavy atom. The van der Waals surface area contributed by atoms with Crippen molar-refractivity contribution in [1.82, 2.24) is 0 Å². The van der Waals surface area contributed by atoms with Gasteiger partial charge in [-0.1, -0.05) is 39.3 Å². The molecule has 0 aromatic rings. The fourth-order valence-electron chi connectivity index (χ4n) is 1.10. The molecular weight excluding hydrogens is 125 g/mol. The van der Waals surface area contributed by atoms with E-state index in [4.69, 9.17) is 5.53 Å². The van der Waals surface area contributed by atoms with E-state index in [0.29, 0.717) is 11.6 Å². The zero-order valence-corrected chi connectivity index (χ0v) is 7.07. The van der Waals surface area contributed by atoms with E-state index in [-0.39, 0.29) is 6.85 Å². The van der Waals surface area contributed by atoms with E-state index in [1.807, 2.05) is 0 Å². The molecule has 4 heteroatoms. The molecule has 0 saturated carbocycles. The molecule has 0 fully saturated rings. The van der Waals surface area contributed by atoms with Gasteiger partial charge in [0.1, 0.15) is 0 Å². The molecular formula is C6H14BN3. The van der Waals surface area contributed by atoms with Crippen molar-refractivity contribution in [2.24, 2.45) is 5.03 Å². The maximum Gasteiger partial charge on any atom is 0.248 e. The average Bonchev–Trinajstić information content (AvgIpc) is 1.81. The zero-order valence-electron chi connectivity index (χ0n) is 7.07. The molecule has 0 aliphatic rings. The summed E-state index contributed by atoms with van der Waals surface area (Å²) < 4.78 is 0. The molecule has 0 atom stereocenters. The van der Waals surface area contributed by atoms with Gasteiger partial charge in [-0.05, 0) is 10.4 Å². The van der Waals surface area contributed by atoms with E-state index in [1.165, 1.54) is 0 Å². The molecule has 10 heavy (non-hydrogen) atoms. The van der Waals surface area contributed by atoms with Crippen LogP contribution >= 0.6 is 0 Å². The smallest absolute Gasteiger partial charge is 0.148 e. The molecule has 0 saturated heterocycles. The highest BCUT2D eigenvalue weighted by molar-refractivity contribution is 6.59. The molecule has 0 heterocycles. The van der Waals surface area contributed by atoms with Crippen LogP contribution in [0.5, 0.6) is 0 Å². The lowest BCUT2D eigenvalue weighted by Gasteiger charge is -2.14.